The van der Waals surface area contributed by atoms with Gasteiger partial charge in [0.25, 0.3) is 0 Å². The first-order valence-corrected chi connectivity index (χ1v) is 8.01. The van der Waals surface area contributed by atoms with Gasteiger partial charge in [-0.25, -0.2) is 4.98 Å². The van der Waals surface area contributed by atoms with Crippen LogP contribution in [0.4, 0.5) is 5.82 Å². The van der Waals surface area contributed by atoms with Gasteiger partial charge in [0.05, 0.1) is 11.9 Å². The number of aromatic nitrogens is 3. The first kappa shape index (κ1) is 14.9. The molecule has 1 atom stereocenters. The van der Waals surface area contributed by atoms with Crippen LogP contribution < -0.4 is 5.32 Å². The number of aryl methyl sites for hydroxylation is 1. The van der Waals surface area contributed by atoms with Crippen LogP contribution in [0.15, 0.2) is 30.3 Å². The van der Waals surface area contributed by atoms with Crippen LogP contribution in [0.5, 0.6) is 0 Å². The second-order valence-electron chi connectivity index (χ2n) is 5.85. The Kier molecular flexibility index (Phi) is 4.63. The summed E-state index contributed by atoms with van der Waals surface area (Å²) in [7, 11) is 0. The Morgan fingerprint density at radius 1 is 1.05 bits per heavy atom. The highest BCUT2D eigenvalue weighted by Gasteiger charge is 2.18. The molecule has 3 rings (SSSR count). The van der Waals surface area contributed by atoms with Crippen LogP contribution in [-0.2, 0) is 0 Å². The van der Waals surface area contributed by atoms with Crippen LogP contribution in [0.2, 0.25) is 0 Å². The summed E-state index contributed by atoms with van der Waals surface area (Å²) in [5, 5.41) is 12.1. The van der Waals surface area contributed by atoms with Gasteiger partial charge in [0.2, 0.25) is 0 Å². The first-order valence-electron chi connectivity index (χ1n) is 8.01. The summed E-state index contributed by atoms with van der Waals surface area (Å²) < 4.78 is 0. The zero-order chi connectivity index (χ0) is 15.4. The predicted molar refractivity (Wildman–Crippen MR) is 88.5 cm³/mol. The minimum absolute atomic E-state index is 0.262. The Hall–Kier alpha value is -2.01. The molecule has 1 aromatic heterocycles. The molecule has 1 saturated heterocycles. The van der Waals surface area contributed by atoms with Crippen LogP contribution in [0.3, 0.4) is 0 Å². The third-order valence-corrected chi connectivity index (χ3v) is 4.18. The van der Waals surface area contributed by atoms with Gasteiger partial charge < -0.3 is 5.32 Å². The largest absolute Gasteiger partial charge is 0.352 e. The molecule has 0 amide bonds. The number of hydrogen-bond donors (Lipinski definition) is 1. The highest BCUT2D eigenvalue weighted by atomic mass is 15.3. The molecule has 1 fully saturated rings. The molecule has 1 aromatic carbocycles. The zero-order valence-electron chi connectivity index (χ0n) is 13.3. The lowest BCUT2D eigenvalue weighted by Crippen LogP contribution is -2.42. The van der Waals surface area contributed by atoms with Gasteiger partial charge in [0.15, 0.2) is 11.6 Å². The van der Waals surface area contributed by atoms with E-state index in [1.807, 2.05) is 37.3 Å². The first-order chi connectivity index (χ1) is 10.7. The molecule has 1 aliphatic heterocycles. The Morgan fingerprint density at radius 2 is 1.77 bits per heavy atom. The number of likely N-dealkylation sites (tertiary alicyclic amines) is 1. The zero-order valence-corrected chi connectivity index (χ0v) is 13.3. The molecule has 1 aliphatic rings. The maximum atomic E-state index is 4.59. The van der Waals surface area contributed by atoms with E-state index in [1.165, 1.54) is 19.3 Å². The molecule has 1 unspecified atom stereocenters. The molecule has 1 N–H and O–H groups in total. The highest BCUT2D eigenvalue weighted by molar-refractivity contribution is 5.55. The second kappa shape index (κ2) is 6.83. The lowest BCUT2D eigenvalue weighted by molar-refractivity contribution is 0.189. The molecule has 2 heterocycles. The molecular formula is C17H23N5. The van der Waals surface area contributed by atoms with Gasteiger partial charge in [-0.1, -0.05) is 36.8 Å². The smallest absolute Gasteiger partial charge is 0.182 e. The normalized spacial score (nSPS) is 17.2. The van der Waals surface area contributed by atoms with Gasteiger partial charge in [-0.3, -0.25) is 4.90 Å². The highest BCUT2D eigenvalue weighted by Crippen LogP contribution is 2.18. The molecule has 5 heteroatoms. The van der Waals surface area contributed by atoms with E-state index in [2.05, 4.69) is 32.3 Å². The van der Waals surface area contributed by atoms with E-state index in [-0.39, 0.29) is 6.17 Å². The van der Waals surface area contributed by atoms with Gasteiger partial charge in [0.1, 0.15) is 0 Å². The minimum atomic E-state index is 0.262. The fourth-order valence-electron chi connectivity index (χ4n) is 2.84. The summed E-state index contributed by atoms with van der Waals surface area (Å²) in [6.45, 7) is 6.45. The molecule has 0 aliphatic carbocycles. The average Bonchev–Trinajstić information content (AvgIpc) is 2.58. The van der Waals surface area contributed by atoms with E-state index < -0.39 is 0 Å². The topological polar surface area (TPSA) is 53.9 Å². The lowest BCUT2D eigenvalue weighted by Gasteiger charge is -2.33. The Bertz CT molecular complexity index is 608. The molecule has 2 aromatic rings. The van der Waals surface area contributed by atoms with Crippen LogP contribution in [-0.4, -0.2) is 39.3 Å². The van der Waals surface area contributed by atoms with Crippen molar-refractivity contribution < 1.29 is 0 Å². The monoisotopic (exact) mass is 297 g/mol. The second-order valence-corrected chi connectivity index (χ2v) is 5.85. The fourth-order valence-corrected chi connectivity index (χ4v) is 2.84. The van der Waals surface area contributed by atoms with Gasteiger partial charge in [-0.15, -0.1) is 10.2 Å². The summed E-state index contributed by atoms with van der Waals surface area (Å²) in [6.07, 6.45) is 4.16. The van der Waals surface area contributed by atoms with Crippen molar-refractivity contribution in [3.05, 3.63) is 36.0 Å². The van der Waals surface area contributed by atoms with Crippen molar-refractivity contribution in [2.45, 2.75) is 39.3 Å². The molecule has 0 spiro atoms. The summed E-state index contributed by atoms with van der Waals surface area (Å²) in [4.78, 5) is 7.04. The van der Waals surface area contributed by atoms with Crippen LogP contribution in [0.25, 0.3) is 11.4 Å². The quantitative estimate of drug-likeness (QED) is 0.940. The average molecular weight is 297 g/mol. The standard InChI is InChI=1S/C17H23N5/c1-13-16(19-14(2)22-11-7-4-8-12-22)20-21-17(18-13)15-9-5-3-6-10-15/h3,5-6,9-10,14H,4,7-8,11-12H2,1-2H3,(H,19,20). The van der Waals surface area contributed by atoms with Crippen LogP contribution >= 0.6 is 0 Å². The summed E-state index contributed by atoms with van der Waals surface area (Å²) in [5.41, 5.74) is 1.88. The van der Waals surface area contributed by atoms with Crippen LogP contribution in [0.1, 0.15) is 31.9 Å². The predicted octanol–water partition coefficient (Wildman–Crippen LogP) is 3.09. The van der Waals surface area contributed by atoms with E-state index in [0.717, 1.165) is 30.2 Å². The molecule has 5 nitrogen and oxygen atoms in total. The SMILES string of the molecule is Cc1nc(-c2ccccc2)nnc1NC(C)N1CCCCC1. The molecule has 0 saturated carbocycles. The number of nitrogens with zero attached hydrogens (tertiary/aromatic N) is 4. The van der Waals surface area contributed by atoms with Crippen molar-refractivity contribution in [1.29, 1.82) is 0 Å². The number of rotatable bonds is 4. The summed E-state index contributed by atoms with van der Waals surface area (Å²) >= 11 is 0. The van der Waals surface area contributed by atoms with Gasteiger partial charge in [0, 0.05) is 18.7 Å². The molecular weight excluding hydrogens is 274 g/mol. The molecule has 0 radical (unpaired) electrons. The molecule has 116 valence electrons. The van der Waals surface area contributed by atoms with Crippen molar-refractivity contribution in [3.8, 4) is 11.4 Å². The number of benzene rings is 1. The van der Waals surface area contributed by atoms with E-state index >= 15 is 0 Å². The molecule has 0 bridgehead atoms. The number of hydrogen-bond acceptors (Lipinski definition) is 5. The van der Waals surface area contributed by atoms with E-state index in [9.17, 15) is 0 Å². The van der Waals surface area contributed by atoms with Crippen LogP contribution in [0, 0.1) is 6.92 Å². The van der Waals surface area contributed by atoms with Crippen molar-refractivity contribution in [2.75, 3.05) is 18.4 Å². The van der Waals surface area contributed by atoms with Crippen molar-refractivity contribution in [1.82, 2.24) is 20.1 Å². The maximum Gasteiger partial charge on any atom is 0.182 e. The minimum Gasteiger partial charge on any atom is -0.352 e. The number of anilines is 1. The Balaban J connectivity index is 1.72. The summed E-state index contributed by atoms with van der Waals surface area (Å²) in [6, 6.07) is 9.96. The van der Waals surface area contributed by atoms with Crippen molar-refractivity contribution in [3.63, 3.8) is 0 Å². The third kappa shape index (κ3) is 3.42. The third-order valence-electron chi connectivity index (χ3n) is 4.18. The Labute approximate surface area is 131 Å². The summed E-state index contributed by atoms with van der Waals surface area (Å²) in [5.74, 6) is 1.45. The lowest BCUT2D eigenvalue weighted by atomic mass is 10.1. The van der Waals surface area contributed by atoms with E-state index in [4.69, 9.17) is 0 Å². The van der Waals surface area contributed by atoms with Gasteiger partial charge in [-0.05, 0) is 26.7 Å². The fraction of sp³-hybridized carbons (Fsp3) is 0.471. The number of nitrogens with one attached hydrogen (secondary N) is 1. The van der Waals surface area contributed by atoms with E-state index in [1.54, 1.807) is 0 Å². The Morgan fingerprint density at radius 3 is 2.45 bits per heavy atom. The maximum absolute atomic E-state index is 4.59. The van der Waals surface area contributed by atoms with E-state index in [0.29, 0.717) is 5.82 Å². The molecule has 22 heavy (non-hydrogen) atoms. The van der Waals surface area contributed by atoms with Gasteiger partial charge in [-0.2, -0.15) is 0 Å². The van der Waals surface area contributed by atoms with Crippen molar-refractivity contribution in [2.24, 2.45) is 0 Å². The number of piperidine rings is 1. The van der Waals surface area contributed by atoms with Crippen molar-refractivity contribution >= 4 is 5.82 Å². The van der Waals surface area contributed by atoms with Gasteiger partial charge >= 0.3 is 0 Å².